The molecule has 24 heavy (non-hydrogen) atoms. The van der Waals surface area contributed by atoms with Crippen LogP contribution in [0.15, 0.2) is 60.7 Å². The zero-order valence-corrected chi connectivity index (χ0v) is 15.1. The highest BCUT2D eigenvalue weighted by molar-refractivity contribution is 5.31. The highest BCUT2D eigenvalue weighted by Crippen LogP contribution is 2.29. The molecule has 3 heteroatoms. The van der Waals surface area contributed by atoms with Crippen molar-refractivity contribution in [2.75, 3.05) is 33.3 Å². The number of benzene rings is 2. The predicted octanol–water partition coefficient (Wildman–Crippen LogP) is 3.41. The second kappa shape index (κ2) is 9.58. The lowest BCUT2D eigenvalue weighted by Crippen LogP contribution is -2.49. The fourth-order valence-electron chi connectivity index (χ4n) is 3.40. The Morgan fingerprint density at radius 3 is 1.42 bits per heavy atom. The van der Waals surface area contributed by atoms with Gasteiger partial charge in [-0.2, -0.15) is 0 Å². The Labute approximate surface area is 146 Å². The largest absolute Gasteiger partial charge is 0.400 e. The molecule has 1 heterocycles. The van der Waals surface area contributed by atoms with Gasteiger partial charge in [-0.3, -0.25) is 9.80 Å². The number of aliphatic hydroxyl groups excluding tert-OH is 1. The molecular formula is C21H30N2O. The van der Waals surface area contributed by atoms with Crippen molar-refractivity contribution < 1.29 is 5.11 Å². The molecule has 1 aliphatic heterocycles. The van der Waals surface area contributed by atoms with Crippen LogP contribution in [0.4, 0.5) is 0 Å². The summed E-state index contributed by atoms with van der Waals surface area (Å²) in [6.45, 7) is 9.17. The maximum atomic E-state index is 7.00. The first-order valence-corrected chi connectivity index (χ1v) is 8.78. The Balaban J connectivity index is 0.00000100. The van der Waals surface area contributed by atoms with E-state index in [1.54, 1.807) is 0 Å². The molecule has 1 N–H and O–H groups in total. The molecule has 2 aromatic rings. The van der Waals surface area contributed by atoms with Gasteiger partial charge in [0, 0.05) is 39.3 Å². The van der Waals surface area contributed by atoms with Crippen LogP contribution < -0.4 is 0 Å². The lowest BCUT2D eigenvalue weighted by Gasteiger charge is -2.41. The van der Waals surface area contributed by atoms with E-state index < -0.39 is 0 Å². The van der Waals surface area contributed by atoms with Gasteiger partial charge in [-0.25, -0.2) is 0 Å². The minimum Gasteiger partial charge on any atom is -0.400 e. The van der Waals surface area contributed by atoms with Gasteiger partial charge in [-0.15, -0.1) is 0 Å². The molecule has 0 atom stereocenters. The maximum Gasteiger partial charge on any atom is 0.0602 e. The van der Waals surface area contributed by atoms with Crippen LogP contribution in [0.3, 0.4) is 0 Å². The van der Waals surface area contributed by atoms with Crippen molar-refractivity contribution in [1.29, 1.82) is 0 Å². The lowest BCUT2D eigenvalue weighted by molar-refractivity contribution is 0.0893. The fourth-order valence-corrected chi connectivity index (χ4v) is 3.40. The molecular weight excluding hydrogens is 296 g/mol. The summed E-state index contributed by atoms with van der Waals surface area (Å²) in [7, 11) is 1.00. The second-order valence-electron chi connectivity index (χ2n) is 6.39. The summed E-state index contributed by atoms with van der Waals surface area (Å²) in [6, 6.07) is 22.8. The van der Waals surface area contributed by atoms with Gasteiger partial charge in [0.2, 0.25) is 0 Å². The van der Waals surface area contributed by atoms with Crippen LogP contribution in [0.5, 0.6) is 0 Å². The van der Waals surface area contributed by atoms with E-state index in [2.05, 4.69) is 84.3 Å². The van der Waals surface area contributed by atoms with Gasteiger partial charge in [0.05, 0.1) is 6.04 Å². The SMILES string of the molecule is CC(C)N1CCN(C(c2ccccc2)c2ccccc2)CC1.CO. The summed E-state index contributed by atoms with van der Waals surface area (Å²) in [5.74, 6) is 0. The average molecular weight is 326 g/mol. The number of rotatable bonds is 4. The topological polar surface area (TPSA) is 26.7 Å². The zero-order chi connectivity index (χ0) is 17.4. The summed E-state index contributed by atoms with van der Waals surface area (Å²) in [4.78, 5) is 5.20. The first-order chi connectivity index (χ1) is 11.8. The molecule has 1 saturated heterocycles. The quantitative estimate of drug-likeness (QED) is 0.933. The fraction of sp³-hybridized carbons (Fsp3) is 0.429. The van der Waals surface area contributed by atoms with Gasteiger partial charge < -0.3 is 5.11 Å². The van der Waals surface area contributed by atoms with Crippen molar-refractivity contribution in [2.24, 2.45) is 0 Å². The summed E-state index contributed by atoms with van der Waals surface area (Å²) in [5, 5.41) is 7.00. The van der Waals surface area contributed by atoms with Gasteiger partial charge >= 0.3 is 0 Å². The van der Waals surface area contributed by atoms with Crippen LogP contribution in [-0.4, -0.2) is 54.2 Å². The molecule has 2 aromatic carbocycles. The van der Waals surface area contributed by atoms with Crippen molar-refractivity contribution in [3.05, 3.63) is 71.8 Å². The molecule has 1 aliphatic rings. The maximum absolute atomic E-state index is 7.00. The van der Waals surface area contributed by atoms with Gasteiger partial charge in [0.25, 0.3) is 0 Å². The number of hydrogen-bond donors (Lipinski definition) is 1. The molecule has 0 spiro atoms. The highest BCUT2D eigenvalue weighted by atomic mass is 16.2. The van der Waals surface area contributed by atoms with Crippen LogP contribution >= 0.6 is 0 Å². The number of piperazine rings is 1. The van der Waals surface area contributed by atoms with Crippen LogP contribution in [0.1, 0.15) is 31.0 Å². The monoisotopic (exact) mass is 326 g/mol. The highest BCUT2D eigenvalue weighted by Gasteiger charge is 2.26. The number of aliphatic hydroxyl groups is 1. The molecule has 0 bridgehead atoms. The summed E-state index contributed by atoms with van der Waals surface area (Å²) < 4.78 is 0. The first-order valence-electron chi connectivity index (χ1n) is 8.78. The third-order valence-corrected chi connectivity index (χ3v) is 4.67. The molecule has 0 radical (unpaired) electrons. The Morgan fingerprint density at radius 1 is 0.667 bits per heavy atom. The van der Waals surface area contributed by atoms with Crippen molar-refractivity contribution in [3.63, 3.8) is 0 Å². The molecule has 0 saturated carbocycles. The second-order valence-corrected chi connectivity index (χ2v) is 6.39. The van der Waals surface area contributed by atoms with E-state index in [9.17, 15) is 0 Å². The molecule has 3 rings (SSSR count). The first kappa shape index (κ1) is 18.7. The van der Waals surface area contributed by atoms with Gasteiger partial charge in [0.15, 0.2) is 0 Å². The van der Waals surface area contributed by atoms with Gasteiger partial charge in [0.1, 0.15) is 0 Å². The molecule has 0 aliphatic carbocycles. The standard InChI is InChI=1S/C20H26N2.CH4O/c1-17(2)21-13-15-22(16-14-21)20(18-9-5-3-6-10-18)19-11-7-4-8-12-19;1-2/h3-12,17,20H,13-16H2,1-2H3;2H,1H3. The van der Waals surface area contributed by atoms with E-state index in [1.807, 2.05) is 0 Å². The van der Waals surface area contributed by atoms with Crippen molar-refractivity contribution in [2.45, 2.75) is 25.9 Å². The van der Waals surface area contributed by atoms with Crippen molar-refractivity contribution in [1.82, 2.24) is 9.80 Å². The summed E-state index contributed by atoms with van der Waals surface area (Å²) in [5.41, 5.74) is 2.79. The molecule has 0 aromatic heterocycles. The molecule has 0 amide bonds. The van der Waals surface area contributed by atoms with Crippen LogP contribution in [-0.2, 0) is 0 Å². The summed E-state index contributed by atoms with van der Waals surface area (Å²) >= 11 is 0. The van der Waals surface area contributed by atoms with E-state index in [0.29, 0.717) is 12.1 Å². The molecule has 130 valence electrons. The van der Waals surface area contributed by atoms with Crippen LogP contribution in [0, 0.1) is 0 Å². The van der Waals surface area contributed by atoms with E-state index in [4.69, 9.17) is 5.11 Å². The Hall–Kier alpha value is -1.68. The summed E-state index contributed by atoms with van der Waals surface area (Å²) in [6.07, 6.45) is 0. The third kappa shape index (κ3) is 4.67. The van der Waals surface area contributed by atoms with E-state index in [1.165, 1.54) is 11.1 Å². The van der Waals surface area contributed by atoms with E-state index >= 15 is 0 Å². The van der Waals surface area contributed by atoms with E-state index in [-0.39, 0.29) is 0 Å². The number of nitrogens with zero attached hydrogens (tertiary/aromatic N) is 2. The molecule has 1 fully saturated rings. The number of hydrogen-bond acceptors (Lipinski definition) is 3. The Bertz CT molecular complexity index is 523. The molecule has 0 unspecified atom stereocenters. The average Bonchev–Trinajstić information content (AvgIpc) is 2.66. The third-order valence-electron chi connectivity index (χ3n) is 4.67. The van der Waals surface area contributed by atoms with Gasteiger partial charge in [-0.05, 0) is 25.0 Å². The van der Waals surface area contributed by atoms with Crippen LogP contribution in [0.2, 0.25) is 0 Å². The van der Waals surface area contributed by atoms with Crippen molar-refractivity contribution >= 4 is 0 Å². The predicted molar refractivity (Wildman–Crippen MR) is 101 cm³/mol. The normalized spacial score (nSPS) is 16.1. The zero-order valence-electron chi connectivity index (χ0n) is 15.1. The van der Waals surface area contributed by atoms with Gasteiger partial charge in [-0.1, -0.05) is 60.7 Å². The Morgan fingerprint density at radius 2 is 1.04 bits per heavy atom. The molecule has 3 nitrogen and oxygen atoms in total. The minimum absolute atomic E-state index is 0.372. The van der Waals surface area contributed by atoms with Crippen molar-refractivity contribution in [3.8, 4) is 0 Å². The Kier molecular flexibility index (Phi) is 7.44. The minimum atomic E-state index is 0.372. The van der Waals surface area contributed by atoms with E-state index in [0.717, 1.165) is 33.3 Å². The van der Waals surface area contributed by atoms with Crippen LogP contribution in [0.25, 0.3) is 0 Å². The smallest absolute Gasteiger partial charge is 0.0602 e. The lowest BCUT2D eigenvalue weighted by atomic mass is 9.96.